The number of hydrogen-bond donors (Lipinski definition) is 1. The maximum Gasteiger partial charge on any atom is 0.340 e. The number of esters is 1. The molecule has 3 heteroatoms. The maximum absolute atomic E-state index is 13.3. The van der Waals surface area contributed by atoms with Crippen molar-refractivity contribution in [1.82, 2.24) is 4.98 Å². The summed E-state index contributed by atoms with van der Waals surface area (Å²) in [6, 6.07) is 29.9. The Balaban J connectivity index is 1.83. The van der Waals surface area contributed by atoms with E-state index in [1.54, 1.807) is 0 Å². The zero-order valence-electron chi connectivity index (χ0n) is 17.3. The minimum absolute atomic E-state index is 0.143. The van der Waals surface area contributed by atoms with Crippen LogP contribution in [0.1, 0.15) is 41.4 Å². The normalized spacial score (nSPS) is 10.9. The van der Waals surface area contributed by atoms with E-state index in [1.807, 2.05) is 78.9 Å². The summed E-state index contributed by atoms with van der Waals surface area (Å²) < 4.78 is 5.76. The lowest BCUT2D eigenvalue weighted by Crippen LogP contribution is -2.09. The molecule has 0 spiro atoms. The molecular formula is C27H25NO2. The molecule has 3 aromatic carbocycles. The Morgan fingerprint density at radius 1 is 0.800 bits per heavy atom. The standard InChI is InChI=1S/C27H25NO2/c1-19(2)25-24(27(29)30-18-20-12-6-3-7-13-20)23(21-14-8-4-9-15-21)26(28-25)22-16-10-5-11-17-22/h3-17,19,28H,18H2,1-2H3. The number of aromatic nitrogens is 1. The minimum Gasteiger partial charge on any atom is -0.457 e. The average molecular weight is 396 g/mol. The molecule has 0 radical (unpaired) electrons. The number of rotatable bonds is 6. The molecule has 3 nitrogen and oxygen atoms in total. The van der Waals surface area contributed by atoms with Crippen LogP contribution in [0, 0.1) is 0 Å². The molecular weight excluding hydrogens is 370 g/mol. The van der Waals surface area contributed by atoms with Gasteiger partial charge >= 0.3 is 5.97 Å². The SMILES string of the molecule is CC(C)c1[nH]c(-c2ccccc2)c(-c2ccccc2)c1C(=O)OCc1ccccc1. The van der Waals surface area contributed by atoms with Gasteiger partial charge < -0.3 is 9.72 Å². The molecule has 0 aliphatic carbocycles. The second kappa shape index (κ2) is 8.83. The van der Waals surface area contributed by atoms with Crippen molar-refractivity contribution in [2.24, 2.45) is 0 Å². The van der Waals surface area contributed by atoms with Gasteiger partial charge in [0, 0.05) is 11.3 Å². The lowest BCUT2D eigenvalue weighted by Gasteiger charge is -2.11. The van der Waals surface area contributed by atoms with Gasteiger partial charge in [-0.3, -0.25) is 0 Å². The van der Waals surface area contributed by atoms with Crippen LogP contribution in [0.2, 0.25) is 0 Å². The molecule has 0 amide bonds. The van der Waals surface area contributed by atoms with Gasteiger partial charge in [0.1, 0.15) is 6.61 Å². The Morgan fingerprint density at radius 2 is 1.33 bits per heavy atom. The van der Waals surface area contributed by atoms with Gasteiger partial charge in [-0.15, -0.1) is 0 Å². The molecule has 1 N–H and O–H groups in total. The number of carbonyl (C=O) groups excluding carboxylic acids is 1. The van der Waals surface area contributed by atoms with E-state index >= 15 is 0 Å². The first kappa shape index (κ1) is 19.7. The molecule has 0 unspecified atom stereocenters. The monoisotopic (exact) mass is 395 g/mol. The van der Waals surface area contributed by atoms with Crippen molar-refractivity contribution < 1.29 is 9.53 Å². The molecule has 30 heavy (non-hydrogen) atoms. The van der Waals surface area contributed by atoms with E-state index in [-0.39, 0.29) is 18.5 Å². The molecule has 0 fully saturated rings. The molecule has 0 aliphatic heterocycles. The third-order valence-corrected chi connectivity index (χ3v) is 5.15. The second-order valence-corrected chi connectivity index (χ2v) is 7.61. The van der Waals surface area contributed by atoms with E-state index in [9.17, 15) is 4.79 Å². The van der Waals surface area contributed by atoms with Gasteiger partial charge in [-0.1, -0.05) is 105 Å². The van der Waals surface area contributed by atoms with Crippen molar-refractivity contribution in [3.05, 3.63) is 108 Å². The van der Waals surface area contributed by atoms with Crippen molar-refractivity contribution in [1.29, 1.82) is 0 Å². The van der Waals surface area contributed by atoms with Crippen LogP contribution >= 0.6 is 0 Å². The number of hydrogen-bond acceptors (Lipinski definition) is 2. The molecule has 150 valence electrons. The first-order valence-corrected chi connectivity index (χ1v) is 10.2. The van der Waals surface area contributed by atoms with Crippen molar-refractivity contribution in [3.8, 4) is 22.4 Å². The molecule has 0 saturated heterocycles. The lowest BCUT2D eigenvalue weighted by atomic mass is 9.95. The highest BCUT2D eigenvalue weighted by atomic mass is 16.5. The summed E-state index contributed by atoms with van der Waals surface area (Å²) in [5.74, 6) is -0.163. The summed E-state index contributed by atoms with van der Waals surface area (Å²) in [7, 11) is 0. The quantitative estimate of drug-likeness (QED) is 0.364. The molecule has 4 rings (SSSR count). The number of H-pyrrole nitrogens is 1. The Hall–Kier alpha value is -3.59. The van der Waals surface area contributed by atoms with E-state index in [2.05, 4.69) is 31.0 Å². The molecule has 1 aromatic heterocycles. The van der Waals surface area contributed by atoms with Gasteiger partial charge in [-0.2, -0.15) is 0 Å². The van der Waals surface area contributed by atoms with E-state index in [4.69, 9.17) is 4.74 Å². The van der Waals surface area contributed by atoms with Gasteiger partial charge in [0.15, 0.2) is 0 Å². The van der Waals surface area contributed by atoms with E-state index in [0.29, 0.717) is 5.56 Å². The van der Waals surface area contributed by atoms with Crippen LogP contribution in [-0.2, 0) is 11.3 Å². The zero-order valence-corrected chi connectivity index (χ0v) is 17.3. The predicted molar refractivity (Wildman–Crippen MR) is 121 cm³/mol. The molecule has 1 heterocycles. The van der Waals surface area contributed by atoms with Gasteiger partial charge in [0.2, 0.25) is 0 Å². The van der Waals surface area contributed by atoms with Crippen molar-refractivity contribution in [2.75, 3.05) is 0 Å². The Morgan fingerprint density at radius 3 is 1.90 bits per heavy atom. The zero-order chi connectivity index (χ0) is 20.9. The molecule has 4 aromatic rings. The van der Waals surface area contributed by atoms with Crippen LogP contribution in [0.3, 0.4) is 0 Å². The highest BCUT2D eigenvalue weighted by Crippen LogP contribution is 2.39. The fraction of sp³-hybridized carbons (Fsp3) is 0.148. The Labute approximate surface area is 177 Å². The highest BCUT2D eigenvalue weighted by molar-refractivity contribution is 6.03. The summed E-state index contributed by atoms with van der Waals surface area (Å²) in [6.07, 6.45) is 0. The summed E-state index contributed by atoms with van der Waals surface area (Å²) in [4.78, 5) is 16.9. The summed E-state index contributed by atoms with van der Waals surface area (Å²) in [6.45, 7) is 4.42. The first-order valence-electron chi connectivity index (χ1n) is 10.2. The topological polar surface area (TPSA) is 42.1 Å². The second-order valence-electron chi connectivity index (χ2n) is 7.61. The lowest BCUT2D eigenvalue weighted by molar-refractivity contribution is 0.0472. The van der Waals surface area contributed by atoms with Crippen LogP contribution in [-0.4, -0.2) is 11.0 Å². The van der Waals surface area contributed by atoms with E-state index in [0.717, 1.165) is 33.6 Å². The fourth-order valence-electron chi connectivity index (χ4n) is 3.67. The van der Waals surface area contributed by atoms with Gasteiger partial charge in [0.05, 0.1) is 11.3 Å². The molecule has 0 bridgehead atoms. The van der Waals surface area contributed by atoms with Crippen molar-refractivity contribution >= 4 is 5.97 Å². The summed E-state index contributed by atoms with van der Waals surface area (Å²) in [5, 5.41) is 0. The van der Waals surface area contributed by atoms with E-state index in [1.165, 1.54) is 0 Å². The first-order chi connectivity index (χ1) is 14.6. The third-order valence-electron chi connectivity index (χ3n) is 5.15. The number of nitrogens with one attached hydrogen (secondary N) is 1. The molecule has 0 aliphatic rings. The Bertz CT molecular complexity index is 1110. The number of benzene rings is 3. The largest absolute Gasteiger partial charge is 0.457 e. The van der Waals surface area contributed by atoms with Crippen LogP contribution in [0.15, 0.2) is 91.0 Å². The highest BCUT2D eigenvalue weighted by Gasteiger charge is 2.27. The number of ether oxygens (including phenoxy) is 1. The maximum atomic E-state index is 13.3. The van der Waals surface area contributed by atoms with Crippen LogP contribution in [0.25, 0.3) is 22.4 Å². The van der Waals surface area contributed by atoms with Gasteiger partial charge in [0.25, 0.3) is 0 Å². The van der Waals surface area contributed by atoms with Crippen LogP contribution in [0.5, 0.6) is 0 Å². The molecule has 0 saturated carbocycles. The smallest absolute Gasteiger partial charge is 0.340 e. The summed E-state index contributed by atoms with van der Waals surface area (Å²) >= 11 is 0. The Kier molecular flexibility index (Phi) is 5.80. The van der Waals surface area contributed by atoms with E-state index < -0.39 is 0 Å². The van der Waals surface area contributed by atoms with Crippen LogP contribution in [0.4, 0.5) is 0 Å². The average Bonchev–Trinajstić information content (AvgIpc) is 3.20. The van der Waals surface area contributed by atoms with Crippen molar-refractivity contribution in [2.45, 2.75) is 26.4 Å². The minimum atomic E-state index is -0.306. The molecule has 0 atom stereocenters. The van der Waals surface area contributed by atoms with Crippen LogP contribution < -0.4 is 0 Å². The predicted octanol–water partition coefficient (Wildman–Crippen LogP) is 6.83. The number of carbonyl (C=O) groups is 1. The van der Waals surface area contributed by atoms with Gasteiger partial charge in [-0.25, -0.2) is 4.79 Å². The summed E-state index contributed by atoms with van der Waals surface area (Å²) in [5.41, 5.74) is 6.35. The number of aromatic amines is 1. The van der Waals surface area contributed by atoms with Gasteiger partial charge in [-0.05, 0) is 22.6 Å². The third kappa shape index (κ3) is 4.06. The fourth-order valence-corrected chi connectivity index (χ4v) is 3.67. The van der Waals surface area contributed by atoms with Crippen molar-refractivity contribution in [3.63, 3.8) is 0 Å².